The summed E-state index contributed by atoms with van der Waals surface area (Å²) in [6, 6.07) is 1.52. The molecule has 0 aliphatic carbocycles. The summed E-state index contributed by atoms with van der Waals surface area (Å²) in [5.41, 5.74) is 5.50. The highest BCUT2D eigenvalue weighted by molar-refractivity contribution is 7.10. The molecule has 3 N–H and O–H groups in total. The van der Waals surface area contributed by atoms with Gasteiger partial charge in [-0.3, -0.25) is 4.79 Å². The Balaban J connectivity index is 2.49. The van der Waals surface area contributed by atoms with Crippen molar-refractivity contribution in [2.45, 2.75) is 12.6 Å². The summed E-state index contributed by atoms with van der Waals surface area (Å²) in [6.07, 6.45) is -5.30. The van der Waals surface area contributed by atoms with Gasteiger partial charge in [0.25, 0.3) is 5.91 Å². The van der Waals surface area contributed by atoms with Crippen molar-refractivity contribution in [2.24, 2.45) is 5.73 Å². The lowest BCUT2D eigenvalue weighted by Crippen LogP contribution is -2.27. The molecule has 1 rings (SSSR count). The van der Waals surface area contributed by atoms with E-state index in [0.717, 1.165) is 0 Å². The number of nitrogens with one attached hydrogen (secondary N) is 1. The van der Waals surface area contributed by atoms with Gasteiger partial charge in [0.15, 0.2) is 0 Å². The van der Waals surface area contributed by atoms with Crippen LogP contribution in [-0.2, 0) is 0 Å². The highest BCUT2D eigenvalue weighted by Gasteiger charge is 2.26. The largest absolute Gasteiger partial charge is 0.390 e. The van der Waals surface area contributed by atoms with Crippen LogP contribution in [0.2, 0.25) is 0 Å². The number of hydrogen-bond acceptors (Lipinski definition) is 3. The van der Waals surface area contributed by atoms with Crippen LogP contribution in [0.4, 0.5) is 13.2 Å². The lowest BCUT2D eigenvalue weighted by molar-refractivity contribution is -0.132. The van der Waals surface area contributed by atoms with Gasteiger partial charge in [-0.2, -0.15) is 13.2 Å². The fraction of sp³-hybridized carbons (Fsp3) is 0.364. The molecule has 1 amide bonds. The van der Waals surface area contributed by atoms with Crippen LogP contribution in [0.15, 0.2) is 11.4 Å². The van der Waals surface area contributed by atoms with Gasteiger partial charge in [-0.15, -0.1) is 11.3 Å². The van der Waals surface area contributed by atoms with Crippen LogP contribution in [0.1, 0.15) is 21.7 Å². The number of amides is 1. The standard InChI is InChI=1S/C11H11F3N2OS/c12-11(13,14)3-5-16-10(17)8-6-9(18-7-8)2-1-4-15/h6-7H,3-5,15H2,(H,16,17). The molecule has 0 aliphatic rings. The maximum atomic E-state index is 11.9. The predicted molar refractivity (Wildman–Crippen MR) is 63.3 cm³/mol. The number of hydrogen-bond donors (Lipinski definition) is 2. The summed E-state index contributed by atoms with van der Waals surface area (Å²) in [5, 5.41) is 3.74. The summed E-state index contributed by atoms with van der Waals surface area (Å²) in [5.74, 6) is 4.84. The lowest BCUT2D eigenvalue weighted by atomic mass is 10.3. The van der Waals surface area contributed by atoms with Crippen molar-refractivity contribution < 1.29 is 18.0 Å². The molecule has 3 nitrogen and oxygen atoms in total. The Kier molecular flexibility index (Phi) is 5.19. The van der Waals surface area contributed by atoms with Gasteiger partial charge in [0.05, 0.1) is 23.4 Å². The lowest BCUT2D eigenvalue weighted by Gasteiger charge is -2.06. The average molecular weight is 276 g/mol. The third-order valence-electron chi connectivity index (χ3n) is 1.87. The molecule has 98 valence electrons. The van der Waals surface area contributed by atoms with Crippen molar-refractivity contribution in [2.75, 3.05) is 13.1 Å². The van der Waals surface area contributed by atoms with Crippen molar-refractivity contribution in [3.63, 3.8) is 0 Å². The molecular formula is C11H11F3N2OS. The minimum atomic E-state index is -4.26. The second-order valence-electron chi connectivity index (χ2n) is 3.33. The van der Waals surface area contributed by atoms with Gasteiger partial charge in [-0.1, -0.05) is 11.8 Å². The highest BCUT2D eigenvalue weighted by atomic mass is 32.1. The van der Waals surface area contributed by atoms with Crippen LogP contribution < -0.4 is 11.1 Å². The molecule has 1 aromatic heterocycles. The van der Waals surface area contributed by atoms with Gasteiger partial charge in [-0.25, -0.2) is 0 Å². The zero-order valence-electron chi connectivity index (χ0n) is 9.30. The average Bonchev–Trinajstić information content (AvgIpc) is 2.73. The molecule has 0 aromatic carbocycles. The minimum absolute atomic E-state index is 0.213. The summed E-state index contributed by atoms with van der Waals surface area (Å²) >= 11 is 1.24. The molecule has 18 heavy (non-hydrogen) atoms. The molecule has 0 saturated heterocycles. The first-order chi connectivity index (χ1) is 8.42. The molecule has 0 saturated carbocycles. The Labute approximate surface area is 106 Å². The van der Waals surface area contributed by atoms with E-state index in [-0.39, 0.29) is 6.54 Å². The summed E-state index contributed by atoms with van der Waals surface area (Å²) in [7, 11) is 0. The Morgan fingerprint density at radius 3 is 2.83 bits per heavy atom. The number of nitrogens with two attached hydrogens (primary N) is 1. The first-order valence-electron chi connectivity index (χ1n) is 5.05. The normalized spacial score (nSPS) is 10.7. The molecule has 1 heterocycles. The van der Waals surface area contributed by atoms with Crippen LogP contribution in [0, 0.1) is 11.8 Å². The maximum absolute atomic E-state index is 11.9. The molecule has 0 fully saturated rings. The van der Waals surface area contributed by atoms with Crippen LogP contribution in [0.25, 0.3) is 0 Å². The van der Waals surface area contributed by atoms with Gasteiger partial charge < -0.3 is 11.1 Å². The van der Waals surface area contributed by atoms with Crippen molar-refractivity contribution in [3.8, 4) is 11.8 Å². The number of carbonyl (C=O) groups excluding carboxylic acids is 1. The molecule has 7 heteroatoms. The first kappa shape index (κ1) is 14.5. The zero-order valence-corrected chi connectivity index (χ0v) is 10.1. The number of rotatable bonds is 3. The van der Waals surface area contributed by atoms with Crippen molar-refractivity contribution in [3.05, 3.63) is 21.9 Å². The van der Waals surface area contributed by atoms with Gasteiger partial charge in [-0.05, 0) is 6.07 Å². The summed E-state index contributed by atoms with van der Waals surface area (Å²) in [6.45, 7) is -0.215. The zero-order chi connectivity index (χ0) is 13.6. The molecule has 0 bridgehead atoms. The number of thiophene rings is 1. The maximum Gasteiger partial charge on any atom is 0.390 e. The van der Waals surface area contributed by atoms with Gasteiger partial charge in [0.1, 0.15) is 0 Å². The quantitative estimate of drug-likeness (QED) is 0.826. The minimum Gasteiger partial charge on any atom is -0.352 e. The highest BCUT2D eigenvalue weighted by Crippen LogP contribution is 2.18. The van der Waals surface area contributed by atoms with Gasteiger partial charge in [0.2, 0.25) is 0 Å². The Bertz CT molecular complexity index is 471. The van der Waals surface area contributed by atoms with Gasteiger partial charge >= 0.3 is 6.18 Å². The van der Waals surface area contributed by atoms with Crippen molar-refractivity contribution in [1.82, 2.24) is 5.32 Å². The predicted octanol–water partition coefficient (Wildman–Crippen LogP) is 1.74. The topological polar surface area (TPSA) is 55.1 Å². The molecule has 0 unspecified atom stereocenters. The van der Waals surface area contributed by atoms with Crippen LogP contribution >= 0.6 is 11.3 Å². The number of alkyl halides is 3. The monoisotopic (exact) mass is 276 g/mol. The number of carbonyl (C=O) groups is 1. The van der Waals surface area contributed by atoms with Gasteiger partial charge in [0, 0.05) is 11.9 Å². The van der Waals surface area contributed by atoms with Crippen LogP contribution in [0.3, 0.4) is 0 Å². The summed E-state index contributed by atoms with van der Waals surface area (Å²) < 4.78 is 35.6. The van der Waals surface area contributed by atoms with E-state index in [1.54, 1.807) is 5.38 Å². The van der Waals surface area contributed by atoms with E-state index >= 15 is 0 Å². The molecule has 0 atom stereocenters. The van der Waals surface area contributed by atoms with Crippen molar-refractivity contribution >= 4 is 17.2 Å². The van der Waals surface area contributed by atoms with E-state index in [0.29, 0.717) is 10.4 Å². The van der Waals surface area contributed by atoms with E-state index in [2.05, 4.69) is 17.2 Å². The van der Waals surface area contributed by atoms with Crippen LogP contribution in [-0.4, -0.2) is 25.2 Å². The molecule has 0 spiro atoms. The molecule has 0 radical (unpaired) electrons. The third kappa shape index (κ3) is 5.21. The Morgan fingerprint density at radius 2 is 2.22 bits per heavy atom. The third-order valence-corrected chi connectivity index (χ3v) is 2.71. The summed E-state index contributed by atoms with van der Waals surface area (Å²) in [4.78, 5) is 12.1. The van der Waals surface area contributed by atoms with E-state index in [4.69, 9.17) is 5.73 Å². The van der Waals surface area contributed by atoms with E-state index < -0.39 is 25.0 Å². The smallest absolute Gasteiger partial charge is 0.352 e. The number of halogens is 3. The second kappa shape index (κ2) is 6.42. The van der Waals surface area contributed by atoms with Crippen LogP contribution in [0.5, 0.6) is 0 Å². The molecular weight excluding hydrogens is 265 g/mol. The molecule has 1 aromatic rings. The fourth-order valence-corrected chi connectivity index (χ4v) is 1.83. The molecule has 0 aliphatic heterocycles. The van der Waals surface area contributed by atoms with E-state index in [1.165, 1.54) is 17.4 Å². The fourth-order valence-electron chi connectivity index (χ4n) is 1.08. The van der Waals surface area contributed by atoms with Crippen molar-refractivity contribution in [1.29, 1.82) is 0 Å². The second-order valence-corrected chi connectivity index (χ2v) is 4.24. The SMILES string of the molecule is NCC#Cc1cc(C(=O)NCCC(F)(F)F)cs1. The Hall–Kier alpha value is -1.52. The first-order valence-corrected chi connectivity index (χ1v) is 5.93. The Morgan fingerprint density at radius 1 is 1.50 bits per heavy atom. The van der Waals surface area contributed by atoms with E-state index in [1.807, 2.05) is 0 Å². The van der Waals surface area contributed by atoms with E-state index in [9.17, 15) is 18.0 Å².